The van der Waals surface area contributed by atoms with Gasteiger partial charge in [-0.15, -0.1) is 0 Å². The summed E-state index contributed by atoms with van der Waals surface area (Å²) >= 11 is 5.79. The first-order chi connectivity index (χ1) is 9.78. The Morgan fingerprint density at radius 2 is 2.10 bits per heavy atom. The molecule has 2 rings (SSSR count). The summed E-state index contributed by atoms with van der Waals surface area (Å²) in [6.07, 6.45) is 2.73. The second kappa shape index (κ2) is 5.84. The van der Waals surface area contributed by atoms with Crippen LogP contribution in [-0.4, -0.2) is 41.5 Å². The van der Waals surface area contributed by atoms with Gasteiger partial charge in [0.1, 0.15) is 5.15 Å². The average Bonchev–Trinajstić information content (AvgIpc) is 2.44. The minimum Gasteiger partial charge on any atom is -0.356 e. The van der Waals surface area contributed by atoms with Gasteiger partial charge in [0.25, 0.3) is 0 Å². The van der Waals surface area contributed by atoms with Crippen LogP contribution in [0.2, 0.25) is 5.15 Å². The van der Waals surface area contributed by atoms with E-state index < -0.39 is 0 Å². The van der Waals surface area contributed by atoms with Crippen LogP contribution in [0.3, 0.4) is 0 Å². The van der Waals surface area contributed by atoms with Gasteiger partial charge in [-0.2, -0.15) is 0 Å². The molecule has 0 amide bonds. The maximum absolute atomic E-state index is 5.79. The van der Waals surface area contributed by atoms with Gasteiger partial charge in [0.15, 0.2) is 5.96 Å². The summed E-state index contributed by atoms with van der Waals surface area (Å²) in [5, 5.41) is 3.98. The SMILES string of the molecule is CN=C(NCCc1ccc(Cl)nc1)N1CC(C)(C)C1(C)C. The van der Waals surface area contributed by atoms with Gasteiger partial charge in [-0.1, -0.05) is 31.5 Å². The first-order valence-electron chi connectivity index (χ1n) is 7.37. The van der Waals surface area contributed by atoms with Crippen molar-refractivity contribution in [1.82, 2.24) is 15.2 Å². The molecule has 1 fully saturated rings. The lowest BCUT2D eigenvalue weighted by Crippen LogP contribution is -2.72. The molecule has 0 bridgehead atoms. The van der Waals surface area contributed by atoms with Gasteiger partial charge < -0.3 is 10.2 Å². The second-order valence-corrected chi connectivity index (χ2v) is 7.13. The van der Waals surface area contributed by atoms with E-state index in [9.17, 15) is 0 Å². The third-order valence-electron chi connectivity index (χ3n) is 4.84. The summed E-state index contributed by atoms with van der Waals surface area (Å²) in [4.78, 5) is 10.9. The van der Waals surface area contributed by atoms with Crippen LogP contribution >= 0.6 is 11.6 Å². The van der Waals surface area contributed by atoms with E-state index in [-0.39, 0.29) is 5.54 Å². The summed E-state index contributed by atoms with van der Waals surface area (Å²) in [5.74, 6) is 0.973. The largest absolute Gasteiger partial charge is 0.356 e. The minimum atomic E-state index is 0.122. The van der Waals surface area contributed by atoms with E-state index in [0.29, 0.717) is 10.6 Å². The molecule has 1 N–H and O–H groups in total. The van der Waals surface area contributed by atoms with Crippen molar-refractivity contribution in [2.24, 2.45) is 10.4 Å². The zero-order valence-electron chi connectivity index (χ0n) is 13.6. The number of nitrogens with zero attached hydrogens (tertiary/aromatic N) is 3. The van der Waals surface area contributed by atoms with Gasteiger partial charge in [0.05, 0.1) is 0 Å². The van der Waals surface area contributed by atoms with Crippen molar-refractivity contribution in [2.75, 3.05) is 20.1 Å². The van der Waals surface area contributed by atoms with Gasteiger partial charge in [-0.25, -0.2) is 4.98 Å². The Morgan fingerprint density at radius 1 is 1.38 bits per heavy atom. The molecule has 21 heavy (non-hydrogen) atoms. The molecule has 1 saturated heterocycles. The molecule has 2 heterocycles. The van der Waals surface area contributed by atoms with Crippen molar-refractivity contribution in [2.45, 2.75) is 39.7 Å². The fraction of sp³-hybridized carbons (Fsp3) is 0.625. The summed E-state index contributed by atoms with van der Waals surface area (Å²) < 4.78 is 0. The number of halogens is 1. The predicted octanol–water partition coefficient (Wildman–Crippen LogP) is 2.97. The number of pyridine rings is 1. The van der Waals surface area contributed by atoms with Gasteiger partial charge in [-0.05, 0) is 31.9 Å². The Hall–Kier alpha value is -1.29. The molecule has 0 aromatic carbocycles. The monoisotopic (exact) mass is 308 g/mol. The van der Waals surface area contributed by atoms with Gasteiger partial charge in [0, 0.05) is 37.3 Å². The van der Waals surface area contributed by atoms with Crippen LogP contribution in [0.25, 0.3) is 0 Å². The quantitative estimate of drug-likeness (QED) is 0.530. The minimum absolute atomic E-state index is 0.122. The summed E-state index contributed by atoms with van der Waals surface area (Å²) in [7, 11) is 1.84. The van der Waals surface area contributed by atoms with Gasteiger partial charge >= 0.3 is 0 Å². The topological polar surface area (TPSA) is 40.5 Å². The third-order valence-corrected chi connectivity index (χ3v) is 5.06. The van der Waals surface area contributed by atoms with Crippen LogP contribution in [-0.2, 0) is 6.42 Å². The Bertz CT molecular complexity index is 520. The van der Waals surface area contributed by atoms with Crippen molar-refractivity contribution in [3.8, 4) is 0 Å². The first-order valence-corrected chi connectivity index (χ1v) is 7.74. The van der Waals surface area contributed by atoms with Gasteiger partial charge in [0.2, 0.25) is 0 Å². The number of rotatable bonds is 3. The van der Waals surface area contributed by atoms with Crippen molar-refractivity contribution in [1.29, 1.82) is 0 Å². The lowest BCUT2D eigenvalue weighted by Gasteiger charge is -2.62. The number of aromatic nitrogens is 1. The van der Waals surface area contributed by atoms with Crippen LogP contribution in [0.5, 0.6) is 0 Å². The summed E-state index contributed by atoms with van der Waals surface area (Å²) in [6.45, 7) is 11.0. The van der Waals surface area contributed by atoms with Crippen molar-refractivity contribution in [3.05, 3.63) is 29.0 Å². The highest BCUT2D eigenvalue weighted by atomic mass is 35.5. The molecule has 116 valence electrons. The fourth-order valence-electron chi connectivity index (χ4n) is 2.57. The molecule has 0 aliphatic carbocycles. The van der Waals surface area contributed by atoms with E-state index in [2.05, 4.69) is 47.9 Å². The molecule has 0 saturated carbocycles. The van der Waals surface area contributed by atoms with E-state index in [1.807, 2.05) is 25.4 Å². The predicted molar refractivity (Wildman–Crippen MR) is 88.9 cm³/mol. The molecule has 1 aliphatic heterocycles. The first kappa shape index (κ1) is 16.1. The molecule has 0 spiro atoms. The molecule has 1 aromatic heterocycles. The van der Waals surface area contributed by atoms with Crippen LogP contribution < -0.4 is 5.32 Å². The normalized spacial score (nSPS) is 20.1. The van der Waals surface area contributed by atoms with Crippen LogP contribution in [0, 0.1) is 5.41 Å². The van der Waals surface area contributed by atoms with Gasteiger partial charge in [-0.3, -0.25) is 4.99 Å². The zero-order chi connectivity index (χ0) is 15.7. The molecule has 0 atom stereocenters. The highest BCUT2D eigenvalue weighted by Gasteiger charge is 2.53. The van der Waals surface area contributed by atoms with E-state index in [0.717, 1.165) is 25.5 Å². The molecule has 0 radical (unpaired) electrons. The highest BCUT2D eigenvalue weighted by Crippen LogP contribution is 2.46. The lowest BCUT2D eigenvalue weighted by molar-refractivity contribution is -0.0666. The fourth-order valence-corrected chi connectivity index (χ4v) is 2.68. The third kappa shape index (κ3) is 3.15. The van der Waals surface area contributed by atoms with Crippen LogP contribution in [0.1, 0.15) is 33.3 Å². The number of hydrogen-bond donors (Lipinski definition) is 1. The number of likely N-dealkylation sites (tertiary alicyclic amines) is 1. The van der Waals surface area contributed by atoms with E-state index in [4.69, 9.17) is 11.6 Å². The Balaban J connectivity index is 1.89. The molecule has 1 aliphatic rings. The Labute approximate surface area is 132 Å². The smallest absolute Gasteiger partial charge is 0.194 e. The van der Waals surface area contributed by atoms with Crippen LogP contribution in [0.15, 0.2) is 23.3 Å². The van der Waals surface area contributed by atoms with Crippen molar-refractivity contribution in [3.63, 3.8) is 0 Å². The highest BCUT2D eigenvalue weighted by molar-refractivity contribution is 6.29. The lowest BCUT2D eigenvalue weighted by atomic mass is 9.65. The summed E-state index contributed by atoms with van der Waals surface area (Å²) in [6, 6.07) is 3.84. The number of aliphatic imine (C=N–C) groups is 1. The molecule has 5 heteroatoms. The standard InChI is InChI=1S/C16H25ClN4/c1-15(2)11-21(16(15,3)4)14(18-5)19-9-8-12-6-7-13(17)20-10-12/h6-7,10H,8-9,11H2,1-5H3,(H,18,19). The molecule has 4 nitrogen and oxygen atoms in total. The Kier molecular flexibility index (Phi) is 4.47. The molecule has 1 aromatic rings. The maximum Gasteiger partial charge on any atom is 0.194 e. The molecular weight excluding hydrogens is 284 g/mol. The summed E-state index contributed by atoms with van der Waals surface area (Å²) in [5.41, 5.74) is 1.60. The average molecular weight is 309 g/mol. The maximum atomic E-state index is 5.79. The van der Waals surface area contributed by atoms with Crippen molar-refractivity contribution >= 4 is 17.6 Å². The zero-order valence-corrected chi connectivity index (χ0v) is 14.3. The van der Waals surface area contributed by atoms with Crippen molar-refractivity contribution < 1.29 is 0 Å². The number of hydrogen-bond acceptors (Lipinski definition) is 2. The molecule has 0 unspecified atom stereocenters. The second-order valence-electron chi connectivity index (χ2n) is 6.74. The Morgan fingerprint density at radius 3 is 2.57 bits per heavy atom. The van der Waals surface area contributed by atoms with E-state index in [1.54, 1.807) is 0 Å². The van der Waals surface area contributed by atoms with Crippen LogP contribution in [0.4, 0.5) is 0 Å². The molecular formula is C16H25ClN4. The number of nitrogens with one attached hydrogen (secondary N) is 1. The number of guanidine groups is 1. The van der Waals surface area contributed by atoms with E-state index >= 15 is 0 Å². The van der Waals surface area contributed by atoms with E-state index in [1.165, 1.54) is 5.56 Å².